The molecule has 5 aromatic rings. The zero-order valence-electron chi connectivity index (χ0n) is 21.6. The predicted octanol–water partition coefficient (Wildman–Crippen LogP) is 5.03. The van der Waals surface area contributed by atoms with Crippen molar-refractivity contribution in [2.24, 2.45) is 0 Å². The van der Waals surface area contributed by atoms with Crippen LogP contribution in [0.3, 0.4) is 0 Å². The van der Waals surface area contributed by atoms with Crippen LogP contribution >= 0.6 is 11.9 Å². The summed E-state index contributed by atoms with van der Waals surface area (Å²) in [6, 6.07) is 13.1. The maximum absolute atomic E-state index is 5.74. The highest BCUT2D eigenvalue weighted by Crippen LogP contribution is 2.39. The van der Waals surface area contributed by atoms with Crippen molar-refractivity contribution in [2.45, 2.75) is 25.2 Å². The van der Waals surface area contributed by atoms with Crippen LogP contribution in [-0.4, -0.2) is 56.5 Å². The quantitative estimate of drug-likeness (QED) is 0.243. The van der Waals surface area contributed by atoms with E-state index in [4.69, 9.17) is 18.7 Å². The Hall–Kier alpha value is -4.16. The van der Waals surface area contributed by atoms with E-state index in [1.165, 1.54) is 11.9 Å². The van der Waals surface area contributed by atoms with Crippen molar-refractivity contribution < 1.29 is 18.7 Å². The summed E-state index contributed by atoms with van der Waals surface area (Å²) in [5.74, 6) is 2.64. The largest absolute Gasteiger partial charge is 0.494 e. The lowest BCUT2D eigenvalue weighted by atomic mass is 10.2. The van der Waals surface area contributed by atoms with E-state index in [2.05, 4.69) is 30.0 Å². The number of aromatic nitrogens is 6. The standard InChI is InChI=1S/C26H27N7O4S/c1-15-13-27-24(28-14-15)23(36-5)16(2)38-32-26-30-29-25(21-17-9-6-7-10-18(17)37-31-21)33(26)22-19(34-3)11-8-12-20(22)35-4/h6-14,16,23H,1-5H3,(H,30,32). The number of nitrogens with one attached hydrogen (secondary N) is 1. The second-order valence-electron chi connectivity index (χ2n) is 8.42. The van der Waals surface area contributed by atoms with E-state index in [-0.39, 0.29) is 11.4 Å². The number of benzene rings is 2. The number of anilines is 1. The molecule has 3 heterocycles. The Kier molecular flexibility index (Phi) is 7.43. The lowest BCUT2D eigenvalue weighted by Crippen LogP contribution is -2.19. The average molecular weight is 534 g/mol. The van der Waals surface area contributed by atoms with Crippen LogP contribution in [0, 0.1) is 6.92 Å². The summed E-state index contributed by atoms with van der Waals surface area (Å²) in [5, 5.41) is 14.0. The zero-order chi connectivity index (χ0) is 26.6. The molecule has 11 nitrogen and oxygen atoms in total. The average Bonchev–Trinajstić information content (AvgIpc) is 3.56. The predicted molar refractivity (Wildman–Crippen MR) is 145 cm³/mol. The summed E-state index contributed by atoms with van der Waals surface area (Å²) in [6.45, 7) is 3.96. The molecule has 0 amide bonds. The molecule has 0 bridgehead atoms. The molecule has 0 aliphatic rings. The van der Waals surface area contributed by atoms with Gasteiger partial charge in [0.1, 0.15) is 23.3 Å². The minimum absolute atomic E-state index is 0.0937. The Morgan fingerprint density at radius 1 is 0.947 bits per heavy atom. The van der Waals surface area contributed by atoms with Gasteiger partial charge in [0.15, 0.2) is 22.9 Å². The Bertz CT molecular complexity index is 1510. The van der Waals surface area contributed by atoms with Crippen molar-refractivity contribution in [3.8, 4) is 28.7 Å². The van der Waals surface area contributed by atoms with Crippen molar-refractivity contribution in [3.63, 3.8) is 0 Å². The summed E-state index contributed by atoms with van der Waals surface area (Å²) in [7, 11) is 4.84. The monoisotopic (exact) mass is 533 g/mol. The molecule has 0 spiro atoms. The molecule has 0 aliphatic carbocycles. The van der Waals surface area contributed by atoms with E-state index >= 15 is 0 Å². The highest BCUT2D eigenvalue weighted by atomic mass is 32.2. The topological polar surface area (TPSA) is 122 Å². The third-order valence-corrected chi connectivity index (χ3v) is 6.87. The van der Waals surface area contributed by atoms with Crippen LogP contribution in [0.4, 0.5) is 5.95 Å². The van der Waals surface area contributed by atoms with Gasteiger partial charge in [0.25, 0.3) is 0 Å². The minimum atomic E-state index is -0.357. The number of aryl methyl sites for hydroxylation is 1. The van der Waals surface area contributed by atoms with Crippen molar-refractivity contribution in [3.05, 3.63) is 66.2 Å². The van der Waals surface area contributed by atoms with Gasteiger partial charge in [-0.3, -0.25) is 9.29 Å². The van der Waals surface area contributed by atoms with Crippen molar-refractivity contribution in [2.75, 3.05) is 26.1 Å². The molecule has 12 heteroatoms. The van der Waals surface area contributed by atoms with Gasteiger partial charge in [-0.1, -0.05) is 23.4 Å². The molecule has 0 fully saturated rings. The number of rotatable bonds is 10. The molecule has 0 aliphatic heterocycles. The summed E-state index contributed by atoms with van der Waals surface area (Å²) in [5.41, 5.74) is 2.77. The van der Waals surface area contributed by atoms with Crippen LogP contribution in [0.5, 0.6) is 11.5 Å². The number of para-hydroxylation sites is 2. The van der Waals surface area contributed by atoms with E-state index in [1.54, 1.807) is 33.7 Å². The van der Waals surface area contributed by atoms with Crippen molar-refractivity contribution in [1.82, 2.24) is 29.9 Å². The molecule has 0 saturated heterocycles. The van der Waals surface area contributed by atoms with Gasteiger partial charge >= 0.3 is 0 Å². The molecule has 2 unspecified atom stereocenters. The Morgan fingerprint density at radius 3 is 2.34 bits per heavy atom. The molecule has 5 rings (SSSR count). The fourth-order valence-electron chi connectivity index (χ4n) is 4.08. The fraction of sp³-hybridized carbons (Fsp3) is 0.269. The van der Waals surface area contributed by atoms with E-state index in [9.17, 15) is 0 Å². The maximum Gasteiger partial charge on any atom is 0.239 e. The second-order valence-corrected chi connectivity index (χ2v) is 9.60. The van der Waals surface area contributed by atoms with Gasteiger partial charge < -0.3 is 18.7 Å². The van der Waals surface area contributed by atoms with Crippen LogP contribution in [-0.2, 0) is 4.74 Å². The van der Waals surface area contributed by atoms with Crippen molar-refractivity contribution >= 4 is 28.9 Å². The normalized spacial score (nSPS) is 12.9. The molecule has 196 valence electrons. The van der Waals surface area contributed by atoms with E-state index < -0.39 is 0 Å². The number of fused-ring (bicyclic) bond motifs is 1. The van der Waals surface area contributed by atoms with Gasteiger partial charge in [-0.15, -0.1) is 10.2 Å². The molecular formula is C26H27N7O4S. The SMILES string of the molecule is COc1cccc(OC)c1-n1c(NSC(C)C(OC)c2ncc(C)cn2)nnc1-c1noc2ccccc12. The molecule has 38 heavy (non-hydrogen) atoms. The molecule has 2 atom stereocenters. The first-order valence-corrected chi connectivity index (χ1v) is 12.7. The molecule has 0 saturated carbocycles. The molecule has 3 aromatic heterocycles. The first kappa shape index (κ1) is 25.5. The smallest absolute Gasteiger partial charge is 0.239 e. The van der Waals surface area contributed by atoms with Gasteiger partial charge in [0, 0.05) is 19.5 Å². The maximum atomic E-state index is 5.74. The highest BCUT2D eigenvalue weighted by molar-refractivity contribution is 8.01. The van der Waals surface area contributed by atoms with E-state index in [0.29, 0.717) is 46.1 Å². The van der Waals surface area contributed by atoms with Crippen LogP contribution in [0.25, 0.3) is 28.2 Å². The number of hydrogen-bond acceptors (Lipinski definition) is 11. The summed E-state index contributed by atoms with van der Waals surface area (Å²) < 4.78 is 27.9. The van der Waals surface area contributed by atoms with Gasteiger partial charge in [-0.05, 0) is 55.6 Å². The van der Waals surface area contributed by atoms with Gasteiger partial charge in [-0.25, -0.2) is 9.97 Å². The summed E-state index contributed by atoms with van der Waals surface area (Å²) in [4.78, 5) is 8.88. The lowest BCUT2D eigenvalue weighted by Gasteiger charge is -2.22. The van der Waals surface area contributed by atoms with Gasteiger partial charge in [-0.2, -0.15) is 0 Å². The Labute approximate surface area is 223 Å². The highest BCUT2D eigenvalue weighted by Gasteiger charge is 2.27. The van der Waals surface area contributed by atoms with Crippen LogP contribution in [0.2, 0.25) is 0 Å². The molecule has 0 radical (unpaired) electrons. The zero-order valence-corrected chi connectivity index (χ0v) is 22.4. The van der Waals surface area contributed by atoms with Crippen LogP contribution in [0.1, 0.15) is 24.4 Å². The minimum Gasteiger partial charge on any atom is -0.494 e. The number of methoxy groups -OCH3 is 3. The van der Waals surface area contributed by atoms with Gasteiger partial charge in [0.05, 0.1) is 24.9 Å². The Morgan fingerprint density at radius 2 is 1.66 bits per heavy atom. The van der Waals surface area contributed by atoms with Crippen molar-refractivity contribution in [1.29, 1.82) is 0 Å². The van der Waals surface area contributed by atoms with Crippen LogP contribution < -0.4 is 14.2 Å². The molecule has 2 aromatic carbocycles. The van der Waals surface area contributed by atoms with E-state index in [0.717, 1.165) is 10.9 Å². The third kappa shape index (κ3) is 4.75. The summed E-state index contributed by atoms with van der Waals surface area (Å²) >= 11 is 1.41. The van der Waals surface area contributed by atoms with Crippen LogP contribution in [0.15, 0.2) is 59.4 Å². The molecular weight excluding hydrogens is 506 g/mol. The fourth-order valence-corrected chi connectivity index (χ4v) is 4.86. The third-order valence-electron chi connectivity index (χ3n) is 5.95. The number of ether oxygens (including phenoxy) is 3. The lowest BCUT2D eigenvalue weighted by molar-refractivity contribution is 0.0972. The first-order chi connectivity index (χ1) is 18.5. The Balaban J connectivity index is 1.57. The number of nitrogens with zero attached hydrogens (tertiary/aromatic N) is 6. The number of hydrogen-bond donors (Lipinski definition) is 1. The second kappa shape index (κ2) is 11.1. The van der Waals surface area contributed by atoms with Gasteiger partial charge in [0.2, 0.25) is 5.95 Å². The molecule has 1 N–H and O–H groups in total. The summed E-state index contributed by atoms with van der Waals surface area (Å²) in [6.07, 6.45) is 3.19. The van der Waals surface area contributed by atoms with E-state index in [1.807, 2.05) is 60.9 Å². The first-order valence-electron chi connectivity index (χ1n) is 11.8.